The van der Waals surface area contributed by atoms with Crippen LogP contribution >= 0.6 is 0 Å². The molecule has 116 valence electrons. The van der Waals surface area contributed by atoms with Gasteiger partial charge in [0.1, 0.15) is 0 Å². The van der Waals surface area contributed by atoms with E-state index in [2.05, 4.69) is 15.6 Å². The number of aliphatic hydroxyl groups excluding tert-OH is 1. The van der Waals surface area contributed by atoms with Crippen LogP contribution in [0, 0.1) is 6.92 Å². The maximum Gasteiger partial charge on any atom is 0.273 e. The molecular weight excluding hydrogens is 280 g/mol. The Morgan fingerprint density at radius 3 is 2.86 bits per heavy atom. The van der Waals surface area contributed by atoms with Gasteiger partial charge in [-0.05, 0) is 37.5 Å². The molecule has 0 radical (unpaired) electrons. The summed E-state index contributed by atoms with van der Waals surface area (Å²) in [5.41, 5.74) is 1.75. The first-order valence-corrected chi connectivity index (χ1v) is 7.55. The SMILES string of the molecule is Cc1cccc(-n2cc(C(=O)NC3(CO)CCCC3)nn2)c1. The average molecular weight is 300 g/mol. The molecule has 1 fully saturated rings. The first-order valence-electron chi connectivity index (χ1n) is 7.55. The van der Waals surface area contributed by atoms with Crippen molar-refractivity contribution in [1.29, 1.82) is 0 Å². The minimum Gasteiger partial charge on any atom is -0.394 e. The average Bonchev–Trinajstić information content (AvgIpc) is 3.17. The number of hydrogen-bond acceptors (Lipinski definition) is 4. The van der Waals surface area contributed by atoms with Crippen LogP contribution in [0.1, 0.15) is 41.7 Å². The van der Waals surface area contributed by atoms with Gasteiger partial charge in [-0.2, -0.15) is 0 Å². The van der Waals surface area contributed by atoms with E-state index in [0.29, 0.717) is 0 Å². The predicted molar refractivity (Wildman–Crippen MR) is 81.8 cm³/mol. The second kappa shape index (κ2) is 5.88. The van der Waals surface area contributed by atoms with E-state index in [0.717, 1.165) is 36.9 Å². The third-order valence-electron chi connectivity index (χ3n) is 4.23. The number of benzene rings is 1. The van der Waals surface area contributed by atoms with Gasteiger partial charge in [0.25, 0.3) is 5.91 Å². The summed E-state index contributed by atoms with van der Waals surface area (Å²) < 4.78 is 1.59. The van der Waals surface area contributed by atoms with Crippen molar-refractivity contribution in [2.45, 2.75) is 38.1 Å². The lowest BCUT2D eigenvalue weighted by Crippen LogP contribution is -2.49. The van der Waals surface area contributed by atoms with Gasteiger partial charge < -0.3 is 10.4 Å². The Kier molecular flexibility index (Phi) is 3.94. The zero-order valence-electron chi connectivity index (χ0n) is 12.6. The van der Waals surface area contributed by atoms with E-state index in [1.807, 2.05) is 31.2 Å². The number of aliphatic hydroxyl groups is 1. The minimum absolute atomic E-state index is 0.0369. The number of nitrogens with zero attached hydrogens (tertiary/aromatic N) is 3. The molecule has 0 atom stereocenters. The lowest BCUT2D eigenvalue weighted by Gasteiger charge is -2.27. The van der Waals surface area contributed by atoms with Crippen LogP contribution in [0.15, 0.2) is 30.5 Å². The Labute approximate surface area is 129 Å². The van der Waals surface area contributed by atoms with Crippen molar-refractivity contribution in [3.63, 3.8) is 0 Å². The molecule has 1 saturated carbocycles. The van der Waals surface area contributed by atoms with Gasteiger partial charge in [-0.3, -0.25) is 4.79 Å². The molecule has 0 spiro atoms. The smallest absolute Gasteiger partial charge is 0.273 e. The monoisotopic (exact) mass is 300 g/mol. The zero-order chi connectivity index (χ0) is 15.6. The molecule has 3 rings (SSSR count). The van der Waals surface area contributed by atoms with Crippen molar-refractivity contribution in [2.24, 2.45) is 0 Å². The molecule has 6 nitrogen and oxygen atoms in total. The number of carbonyl (C=O) groups excluding carboxylic acids is 1. The van der Waals surface area contributed by atoms with Crippen molar-refractivity contribution in [3.8, 4) is 5.69 Å². The molecule has 2 N–H and O–H groups in total. The van der Waals surface area contributed by atoms with Crippen LogP contribution in [-0.2, 0) is 0 Å². The molecule has 6 heteroatoms. The maximum atomic E-state index is 12.3. The highest BCUT2D eigenvalue weighted by Gasteiger charge is 2.35. The van der Waals surface area contributed by atoms with Crippen LogP contribution in [0.3, 0.4) is 0 Å². The summed E-state index contributed by atoms with van der Waals surface area (Å²) in [6, 6.07) is 7.82. The largest absolute Gasteiger partial charge is 0.394 e. The quantitative estimate of drug-likeness (QED) is 0.899. The first kappa shape index (κ1) is 14.7. The van der Waals surface area contributed by atoms with E-state index >= 15 is 0 Å². The fourth-order valence-electron chi connectivity index (χ4n) is 2.94. The molecule has 0 unspecified atom stereocenters. The molecule has 1 aromatic carbocycles. The molecule has 2 aromatic rings. The van der Waals surface area contributed by atoms with E-state index < -0.39 is 5.54 Å². The second-order valence-electron chi connectivity index (χ2n) is 5.99. The summed E-state index contributed by atoms with van der Waals surface area (Å²) in [6.45, 7) is 1.96. The van der Waals surface area contributed by atoms with E-state index in [9.17, 15) is 9.90 Å². The number of aromatic nitrogens is 3. The Morgan fingerprint density at radius 2 is 2.18 bits per heavy atom. The van der Waals surface area contributed by atoms with Crippen molar-refractivity contribution in [3.05, 3.63) is 41.7 Å². The fraction of sp³-hybridized carbons (Fsp3) is 0.438. The van der Waals surface area contributed by atoms with Crippen molar-refractivity contribution in [1.82, 2.24) is 20.3 Å². The highest BCUT2D eigenvalue weighted by Crippen LogP contribution is 2.29. The van der Waals surface area contributed by atoms with Crippen LogP contribution in [0.5, 0.6) is 0 Å². The minimum atomic E-state index is -0.496. The number of hydrogen-bond donors (Lipinski definition) is 2. The highest BCUT2D eigenvalue weighted by atomic mass is 16.3. The molecule has 1 aliphatic carbocycles. The van der Waals surface area contributed by atoms with Crippen LogP contribution in [-0.4, -0.2) is 38.2 Å². The third-order valence-corrected chi connectivity index (χ3v) is 4.23. The number of rotatable bonds is 4. The van der Waals surface area contributed by atoms with Gasteiger partial charge in [0.15, 0.2) is 5.69 Å². The summed E-state index contributed by atoms with van der Waals surface area (Å²) in [6.07, 6.45) is 5.28. The van der Waals surface area contributed by atoms with Gasteiger partial charge in [0, 0.05) is 0 Å². The summed E-state index contributed by atoms with van der Waals surface area (Å²) >= 11 is 0. The van der Waals surface area contributed by atoms with Gasteiger partial charge in [-0.25, -0.2) is 4.68 Å². The Bertz CT molecular complexity index is 674. The van der Waals surface area contributed by atoms with Crippen LogP contribution in [0.2, 0.25) is 0 Å². The highest BCUT2D eigenvalue weighted by molar-refractivity contribution is 5.92. The van der Waals surface area contributed by atoms with Gasteiger partial charge in [0.05, 0.1) is 24.0 Å². The van der Waals surface area contributed by atoms with Gasteiger partial charge in [0.2, 0.25) is 0 Å². The summed E-state index contributed by atoms with van der Waals surface area (Å²) in [4.78, 5) is 12.3. The number of aryl methyl sites for hydroxylation is 1. The van der Waals surface area contributed by atoms with Gasteiger partial charge >= 0.3 is 0 Å². The van der Waals surface area contributed by atoms with E-state index in [4.69, 9.17) is 0 Å². The van der Waals surface area contributed by atoms with Crippen molar-refractivity contribution in [2.75, 3.05) is 6.61 Å². The van der Waals surface area contributed by atoms with Gasteiger partial charge in [-0.15, -0.1) is 5.10 Å². The summed E-state index contributed by atoms with van der Waals surface area (Å²) in [5, 5.41) is 20.5. The van der Waals surface area contributed by atoms with Crippen LogP contribution in [0.4, 0.5) is 0 Å². The standard InChI is InChI=1S/C16H20N4O2/c1-12-5-4-6-13(9-12)20-10-14(18-19-20)15(22)17-16(11-21)7-2-3-8-16/h4-6,9-10,21H,2-3,7-8,11H2,1H3,(H,17,22). The predicted octanol–water partition coefficient (Wildman–Crippen LogP) is 1.61. The summed E-state index contributed by atoms with van der Waals surface area (Å²) in [5.74, 6) is -0.283. The van der Waals surface area contributed by atoms with E-state index in [1.165, 1.54) is 0 Å². The molecule has 22 heavy (non-hydrogen) atoms. The summed E-state index contributed by atoms with van der Waals surface area (Å²) in [7, 11) is 0. The molecular formula is C16H20N4O2. The van der Waals surface area contributed by atoms with Gasteiger partial charge in [-0.1, -0.05) is 30.2 Å². The molecule has 1 heterocycles. The third kappa shape index (κ3) is 2.87. The molecule has 1 amide bonds. The van der Waals surface area contributed by atoms with Crippen LogP contribution < -0.4 is 5.32 Å². The lowest BCUT2D eigenvalue weighted by molar-refractivity contribution is 0.0833. The Balaban J connectivity index is 1.77. The number of amides is 1. The molecule has 0 bridgehead atoms. The zero-order valence-corrected chi connectivity index (χ0v) is 12.6. The van der Waals surface area contributed by atoms with E-state index in [-0.39, 0.29) is 18.2 Å². The number of nitrogens with one attached hydrogen (secondary N) is 1. The number of carbonyl (C=O) groups is 1. The second-order valence-corrected chi connectivity index (χ2v) is 5.99. The van der Waals surface area contributed by atoms with Crippen molar-refractivity contribution < 1.29 is 9.90 Å². The van der Waals surface area contributed by atoms with Crippen LogP contribution in [0.25, 0.3) is 5.69 Å². The molecule has 1 aromatic heterocycles. The normalized spacial score (nSPS) is 16.6. The Hall–Kier alpha value is -2.21. The van der Waals surface area contributed by atoms with Crippen molar-refractivity contribution >= 4 is 5.91 Å². The molecule has 0 saturated heterocycles. The molecule has 0 aliphatic heterocycles. The first-order chi connectivity index (χ1) is 10.6. The topological polar surface area (TPSA) is 80.0 Å². The Morgan fingerprint density at radius 1 is 1.41 bits per heavy atom. The molecule has 1 aliphatic rings. The van der Waals surface area contributed by atoms with E-state index in [1.54, 1.807) is 10.9 Å². The fourth-order valence-corrected chi connectivity index (χ4v) is 2.94. The lowest BCUT2D eigenvalue weighted by atomic mass is 9.99. The maximum absolute atomic E-state index is 12.3.